The number of rotatable bonds is 4. The Hall–Kier alpha value is -5.19. The minimum atomic E-state index is -1.53. The van der Waals surface area contributed by atoms with Gasteiger partial charge in [-0.2, -0.15) is 5.01 Å². The van der Waals surface area contributed by atoms with Gasteiger partial charge in [-0.05, 0) is 54.3 Å². The maximum Gasteiger partial charge on any atom is 0.347 e. The number of allylic oxidation sites excluding steroid dienone is 2. The number of hydrogen-bond acceptors (Lipinski definition) is 6. The Morgan fingerprint density at radius 1 is 0.953 bits per heavy atom. The van der Waals surface area contributed by atoms with Crippen molar-refractivity contribution in [3.63, 3.8) is 0 Å². The average molecular weight is 582 g/mol. The Balaban J connectivity index is 1.50. The van der Waals surface area contributed by atoms with Crippen LogP contribution >= 0.6 is 0 Å². The van der Waals surface area contributed by atoms with Gasteiger partial charge in [0.25, 0.3) is 11.8 Å². The fraction of sp³-hybridized carbons (Fsp3) is 0.250. The summed E-state index contributed by atoms with van der Waals surface area (Å²) in [6.45, 7) is 1.98. The Labute approximate surface area is 244 Å². The number of nitrogens with zero attached hydrogens (tertiary/aromatic N) is 4. The van der Waals surface area contributed by atoms with Crippen molar-refractivity contribution < 1.29 is 19.1 Å². The monoisotopic (exact) mass is 581 g/mol. The SMILES string of the molecule is Cc1ccc(NN2C(=O)C3CC4C(=CCn5c(=O)n(C)c(=O)n54)C(c4ccc(O)c(F)c4)C3(c3ccccc3)C2=O)cc1. The molecule has 1 aliphatic carbocycles. The first-order valence-corrected chi connectivity index (χ1v) is 14.0. The number of hydrazine groups is 1. The lowest BCUT2D eigenvalue weighted by molar-refractivity contribution is -0.138. The van der Waals surface area contributed by atoms with Gasteiger partial charge in [-0.1, -0.05) is 60.2 Å². The normalized spacial score (nSPS) is 24.3. The fourth-order valence-electron chi connectivity index (χ4n) is 7.20. The van der Waals surface area contributed by atoms with Crippen LogP contribution < -0.4 is 16.8 Å². The molecule has 4 aromatic rings. The van der Waals surface area contributed by atoms with E-state index in [-0.39, 0.29) is 13.0 Å². The van der Waals surface area contributed by atoms with Crippen LogP contribution in [0.4, 0.5) is 10.1 Å². The molecule has 1 aromatic heterocycles. The number of nitrogens with one attached hydrogen (secondary N) is 1. The number of benzene rings is 3. The molecule has 0 bridgehead atoms. The first-order chi connectivity index (χ1) is 20.6. The molecule has 4 atom stereocenters. The lowest BCUT2D eigenvalue weighted by Gasteiger charge is -2.49. The molecule has 3 heterocycles. The smallest absolute Gasteiger partial charge is 0.347 e. The predicted octanol–water partition coefficient (Wildman–Crippen LogP) is 3.12. The van der Waals surface area contributed by atoms with Gasteiger partial charge in [0.2, 0.25) is 0 Å². The highest BCUT2D eigenvalue weighted by atomic mass is 19.1. The van der Waals surface area contributed by atoms with Crippen molar-refractivity contribution in [2.75, 3.05) is 5.43 Å². The number of halogens is 1. The van der Waals surface area contributed by atoms with Crippen molar-refractivity contribution in [2.24, 2.45) is 13.0 Å². The van der Waals surface area contributed by atoms with Crippen LogP contribution in [0, 0.1) is 18.7 Å². The summed E-state index contributed by atoms with van der Waals surface area (Å²) in [5.41, 5.74) is 3.52. The van der Waals surface area contributed by atoms with Crippen LogP contribution in [-0.2, 0) is 28.6 Å². The van der Waals surface area contributed by atoms with Gasteiger partial charge in [0, 0.05) is 13.0 Å². The molecule has 1 saturated heterocycles. The zero-order chi connectivity index (χ0) is 30.2. The van der Waals surface area contributed by atoms with Crippen molar-refractivity contribution in [3.8, 4) is 5.75 Å². The molecule has 3 aromatic carbocycles. The first-order valence-electron chi connectivity index (χ1n) is 14.0. The van der Waals surface area contributed by atoms with E-state index in [9.17, 15) is 24.3 Å². The molecule has 11 heteroatoms. The topological polar surface area (TPSA) is 119 Å². The molecule has 10 nitrogen and oxygen atoms in total. The van der Waals surface area contributed by atoms with E-state index in [0.29, 0.717) is 22.4 Å². The van der Waals surface area contributed by atoms with Gasteiger partial charge in [0.1, 0.15) is 0 Å². The molecule has 0 spiro atoms. The average Bonchev–Trinajstić information content (AvgIpc) is 3.36. The van der Waals surface area contributed by atoms with E-state index in [1.165, 1.54) is 34.6 Å². The number of carbonyl (C=O) groups excluding carboxylic acids is 2. The van der Waals surface area contributed by atoms with Crippen molar-refractivity contribution in [2.45, 2.75) is 37.3 Å². The zero-order valence-electron chi connectivity index (χ0n) is 23.4. The maximum absolute atomic E-state index is 15.0. The predicted molar refractivity (Wildman–Crippen MR) is 155 cm³/mol. The molecule has 2 amide bonds. The molecule has 2 fully saturated rings. The van der Waals surface area contributed by atoms with Gasteiger partial charge in [-0.3, -0.25) is 15.0 Å². The number of phenols is 1. The second-order valence-corrected chi connectivity index (χ2v) is 11.4. The van der Waals surface area contributed by atoms with Crippen molar-refractivity contribution in [3.05, 3.63) is 128 Å². The van der Waals surface area contributed by atoms with E-state index in [2.05, 4.69) is 5.43 Å². The summed E-state index contributed by atoms with van der Waals surface area (Å²) in [5, 5.41) is 11.1. The number of phenolic OH excluding ortho intramolecular Hbond substituents is 1. The summed E-state index contributed by atoms with van der Waals surface area (Å²) in [6, 6.07) is 19.4. The van der Waals surface area contributed by atoms with E-state index in [1.54, 1.807) is 42.5 Å². The lowest BCUT2D eigenvalue weighted by atomic mass is 9.53. The Bertz CT molecular complexity index is 1960. The summed E-state index contributed by atoms with van der Waals surface area (Å²) >= 11 is 0. The molecule has 7 rings (SSSR count). The number of hydrogen-bond donors (Lipinski definition) is 2. The molecular weight excluding hydrogens is 553 g/mol. The Morgan fingerprint density at radius 3 is 2.37 bits per heavy atom. The molecular formula is C32H28FN5O5. The van der Waals surface area contributed by atoms with Gasteiger partial charge in [-0.15, -0.1) is 0 Å². The van der Waals surface area contributed by atoms with Gasteiger partial charge < -0.3 is 5.11 Å². The molecule has 1 saturated carbocycles. The zero-order valence-corrected chi connectivity index (χ0v) is 23.4. The second-order valence-electron chi connectivity index (χ2n) is 11.4. The molecule has 0 radical (unpaired) electrons. The number of anilines is 1. The third kappa shape index (κ3) is 3.63. The number of aromatic nitrogens is 3. The minimum absolute atomic E-state index is 0.0534. The lowest BCUT2D eigenvalue weighted by Crippen LogP contribution is -2.53. The van der Waals surface area contributed by atoms with Crippen molar-refractivity contribution in [1.82, 2.24) is 18.9 Å². The van der Waals surface area contributed by atoms with Gasteiger partial charge in [0.05, 0.1) is 29.6 Å². The molecule has 218 valence electrons. The summed E-state index contributed by atoms with van der Waals surface area (Å²) in [6.07, 6.45) is 1.85. The number of amides is 2. The van der Waals surface area contributed by atoms with Crippen LogP contribution in [0.2, 0.25) is 0 Å². The standard InChI is InChI=1S/C32H28FN5O5/c1-18-8-11-21(12-9-18)34-37-28(40)23-17-25-22(14-15-36-30(42)35(2)31(43)38(25)36)27(19-10-13-26(39)24(33)16-19)32(23,29(37)41)20-6-4-3-5-7-20/h3-14,16,23,25,27,34,39H,15,17H2,1-2H3. The van der Waals surface area contributed by atoms with E-state index >= 15 is 4.39 Å². The van der Waals surface area contributed by atoms with E-state index in [0.717, 1.165) is 15.1 Å². The molecule has 4 unspecified atom stereocenters. The van der Waals surface area contributed by atoms with Gasteiger partial charge >= 0.3 is 11.4 Å². The highest BCUT2D eigenvalue weighted by molar-refractivity contribution is 6.12. The Kier molecular flexibility index (Phi) is 5.84. The maximum atomic E-state index is 15.0. The number of aromatic hydroxyl groups is 1. The Morgan fingerprint density at radius 2 is 1.67 bits per heavy atom. The molecule has 3 aliphatic rings. The summed E-state index contributed by atoms with van der Waals surface area (Å²) in [5.74, 6) is -4.35. The van der Waals surface area contributed by atoms with Crippen LogP contribution in [0.15, 0.2) is 94.0 Å². The van der Waals surface area contributed by atoms with Gasteiger partial charge in [-0.25, -0.2) is 27.9 Å². The van der Waals surface area contributed by atoms with Crippen LogP contribution in [0.1, 0.15) is 35.1 Å². The highest BCUT2D eigenvalue weighted by Gasteiger charge is 2.68. The number of aryl methyl sites for hydroxylation is 1. The van der Waals surface area contributed by atoms with Crippen molar-refractivity contribution >= 4 is 17.5 Å². The van der Waals surface area contributed by atoms with E-state index in [1.807, 2.05) is 25.1 Å². The quantitative estimate of drug-likeness (QED) is 0.283. The van der Waals surface area contributed by atoms with Crippen LogP contribution in [-0.4, -0.2) is 35.9 Å². The highest BCUT2D eigenvalue weighted by Crippen LogP contribution is 2.61. The van der Waals surface area contributed by atoms with E-state index < -0.39 is 58.1 Å². The largest absolute Gasteiger partial charge is 0.505 e. The number of fused-ring (bicyclic) bond motifs is 4. The van der Waals surface area contributed by atoms with Crippen LogP contribution in [0.5, 0.6) is 5.75 Å². The number of imide groups is 1. The van der Waals surface area contributed by atoms with E-state index in [4.69, 9.17) is 0 Å². The molecule has 2 N–H and O–H groups in total. The summed E-state index contributed by atoms with van der Waals surface area (Å²) < 4.78 is 18.7. The van der Waals surface area contributed by atoms with Crippen LogP contribution in [0.3, 0.4) is 0 Å². The van der Waals surface area contributed by atoms with Crippen LogP contribution in [0.25, 0.3) is 0 Å². The first kappa shape index (κ1) is 26.7. The van der Waals surface area contributed by atoms with Crippen molar-refractivity contribution in [1.29, 1.82) is 0 Å². The fourth-order valence-corrected chi connectivity index (χ4v) is 7.20. The minimum Gasteiger partial charge on any atom is -0.505 e. The number of carbonyl (C=O) groups is 2. The summed E-state index contributed by atoms with van der Waals surface area (Å²) in [7, 11) is 1.39. The summed E-state index contributed by atoms with van der Waals surface area (Å²) in [4.78, 5) is 55.5. The third-order valence-corrected chi connectivity index (χ3v) is 9.15. The molecule has 43 heavy (non-hydrogen) atoms. The molecule has 2 aliphatic heterocycles. The van der Waals surface area contributed by atoms with Gasteiger partial charge in [0.15, 0.2) is 11.6 Å². The second kappa shape index (κ2) is 9.41. The third-order valence-electron chi connectivity index (χ3n) is 9.15.